The highest BCUT2D eigenvalue weighted by Gasteiger charge is 2.31. The van der Waals surface area contributed by atoms with Crippen LogP contribution in [-0.4, -0.2) is 20.7 Å². The predicted octanol–water partition coefficient (Wildman–Crippen LogP) is 3.36. The Balaban J connectivity index is 1.73. The summed E-state index contributed by atoms with van der Waals surface area (Å²) in [7, 11) is -4.09. The molecule has 0 bridgehead atoms. The van der Waals surface area contributed by atoms with Gasteiger partial charge in [-0.1, -0.05) is 36.4 Å². The van der Waals surface area contributed by atoms with Gasteiger partial charge in [0.05, 0.1) is 4.90 Å². The van der Waals surface area contributed by atoms with Gasteiger partial charge in [0.25, 0.3) is 15.9 Å². The molecule has 146 valence electrons. The van der Waals surface area contributed by atoms with Crippen molar-refractivity contribution in [2.75, 3.05) is 0 Å². The first-order chi connectivity index (χ1) is 13.1. The van der Waals surface area contributed by atoms with Gasteiger partial charge in [-0.05, 0) is 41.1 Å². The number of benzene rings is 3. The van der Waals surface area contributed by atoms with Gasteiger partial charge in [0, 0.05) is 5.56 Å². The molecule has 3 aromatic carbocycles. The molecule has 0 aromatic heterocycles. The first-order valence-corrected chi connectivity index (χ1v) is 9.29. The molecule has 0 aliphatic carbocycles. The smallest absolute Gasteiger partial charge is 0.406 e. The molecule has 3 aromatic rings. The van der Waals surface area contributed by atoms with Gasteiger partial charge < -0.3 is 4.74 Å². The average molecular weight is 410 g/mol. The lowest BCUT2D eigenvalue weighted by molar-refractivity contribution is -0.274. The zero-order valence-electron chi connectivity index (χ0n) is 14.0. The van der Waals surface area contributed by atoms with Crippen molar-refractivity contribution in [2.45, 2.75) is 11.3 Å². The van der Waals surface area contributed by atoms with Crippen LogP contribution < -0.4 is 15.0 Å². The number of hydrazine groups is 1. The van der Waals surface area contributed by atoms with Crippen LogP contribution in [0.15, 0.2) is 71.6 Å². The van der Waals surface area contributed by atoms with Crippen LogP contribution in [0.5, 0.6) is 5.75 Å². The number of carbonyl (C=O) groups is 1. The van der Waals surface area contributed by atoms with Crippen LogP contribution in [0.3, 0.4) is 0 Å². The molecule has 0 aliphatic heterocycles. The van der Waals surface area contributed by atoms with E-state index in [0.29, 0.717) is 5.39 Å². The highest BCUT2D eigenvalue weighted by molar-refractivity contribution is 7.89. The number of hydrogen-bond acceptors (Lipinski definition) is 4. The fourth-order valence-electron chi connectivity index (χ4n) is 2.41. The molecule has 6 nitrogen and oxygen atoms in total. The maximum Gasteiger partial charge on any atom is 0.573 e. The van der Waals surface area contributed by atoms with Crippen molar-refractivity contribution in [1.82, 2.24) is 10.3 Å². The number of rotatable bonds is 5. The van der Waals surface area contributed by atoms with Gasteiger partial charge in [-0.25, -0.2) is 8.42 Å². The van der Waals surface area contributed by atoms with E-state index in [9.17, 15) is 26.4 Å². The van der Waals surface area contributed by atoms with E-state index in [-0.39, 0.29) is 10.5 Å². The topological polar surface area (TPSA) is 84.5 Å². The van der Waals surface area contributed by atoms with Crippen LogP contribution >= 0.6 is 0 Å². The fraction of sp³-hybridized carbons (Fsp3) is 0.0556. The van der Waals surface area contributed by atoms with Gasteiger partial charge in [0.1, 0.15) is 5.75 Å². The van der Waals surface area contributed by atoms with Crippen LogP contribution in [-0.2, 0) is 10.0 Å². The molecule has 0 spiro atoms. The lowest BCUT2D eigenvalue weighted by Crippen LogP contribution is -2.41. The summed E-state index contributed by atoms with van der Waals surface area (Å²) in [5.41, 5.74) is 1.74. The first kappa shape index (κ1) is 19.6. The second-order valence-electron chi connectivity index (χ2n) is 5.64. The van der Waals surface area contributed by atoms with Crippen molar-refractivity contribution in [2.24, 2.45) is 0 Å². The van der Waals surface area contributed by atoms with Crippen molar-refractivity contribution in [1.29, 1.82) is 0 Å². The Labute approximate surface area is 158 Å². The Hall–Kier alpha value is -3.11. The van der Waals surface area contributed by atoms with Crippen molar-refractivity contribution in [3.8, 4) is 5.75 Å². The van der Waals surface area contributed by atoms with Gasteiger partial charge in [-0.15, -0.1) is 18.0 Å². The monoisotopic (exact) mass is 410 g/mol. The zero-order valence-corrected chi connectivity index (χ0v) is 14.8. The third-order valence-electron chi connectivity index (χ3n) is 3.66. The highest BCUT2D eigenvalue weighted by atomic mass is 32.2. The van der Waals surface area contributed by atoms with E-state index in [1.165, 1.54) is 24.3 Å². The standard InChI is InChI=1S/C18H13F3N2O4S/c19-18(20,21)27-15-7-3-6-14(10-15)17(24)22-23-28(25,26)16-9-8-12-4-1-2-5-13(12)11-16/h1-11,23H,(H,22,24). The van der Waals surface area contributed by atoms with Gasteiger partial charge in [0.2, 0.25) is 0 Å². The van der Waals surface area contributed by atoms with Crippen LogP contribution in [0.25, 0.3) is 10.8 Å². The van der Waals surface area contributed by atoms with E-state index in [2.05, 4.69) is 4.74 Å². The zero-order chi connectivity index (χ0) is 20.4. The molecule has 0 atom stereocenters. The number of fused-ring (bicyclic) bond motifs is 1. The number of hydrogen-bond donors (Lipinski definition) is 2. The quantitative estimate of drug-likeness (QED) is 0.632. The normalized spacial score (nSPS) is 12.0. The molecule has 2 N–H and O–H groups in total. The average Bonchev–Trinajstić information content (AvgIpc) is 2.64. The van der Waals surface area contributed by atoms with E-state index < -0.39 is 28.0 Å². The minimum absolute atomic E-state index is 0.0827. The number of nitrogens with one attached hydrogen (secondary N) is 2. The largest absolute Gasteiger partial charge is 0.573 e. The Kier molecular flexibility index (Phi) is 5.25. The molecule has 28 heavy (non-hydrogen) atoms. The Bertz CT molecular complexity index is 1130. The Morgan fingerprint density at radius 3 is 2.32 bits per heavy atom. The molecule has 0 heterocycles. The summed E-state index contributed by atoms with van der Waals surface area (Å²) in [6, 6.07) is 15.8. The molecule has 0 radical (unpaired) electrons. The predicted molar refractivity (Wildman–Crippen MR) is 94.9 cm³/mol. The summed E-state index contributed by atoms with van der Waals surface area (Å²) in [4.78, 5) is 13.9. The first-order valence-electron chi connectivity index (χ1n) is 7.81. The minimum atomic E-state index is -4.91. The Morgan fingerprint density at radius 1 is 0.893 bits per heavy atom. The second-order valence-corrected chi connectivity index (χ2v) is 7.33. The summed E-state index contributed by atoms with van der Waals surface area (Å²) in [5, 5.41) is 1.53. The Morgan fingerprint density at radius 2 is 1.61 bits per heavy atom. The molecular formula is C18H13F3N2O4S. The number of ether oxygens (including phenoxy) is 1. The van der Waals surface area contributed by atoms with Gasteiger partial charge in [-0.3, -0.25) is 10.2 Å². The lowest BCUT2D eigenvalue weighted by Gasteiger charge is -2.11. The van der Waals surface area contributed by atoms with Crippen molar-refractivity contribution >= 4 is 26.7 Å². The summed E-state index contributed by atoms with van der Waals surface area (Å²) < 4.78 is 65.3. The summed E-state index contributed by atoms with van der Waals surface area (Å²) in [6.45, 7) is 0. The molecule has 0 unspecified atom stereocenters. The molecule has 0 saturated heterocycles. The van der Waals surface area contributed by atoms with Crippen molar-refractivity contribution in [3.63, 3.8) is 0 Å². The number of carbonyl (C=O) groups excluding carboxylic acids is 1. The minimum Gasteiger partial charge on any atom is -0.406 e. The van der Waals surface area contributed by atoms with Crippen molar-refractivity contribution < 1.29 is 31.1 Å². The lowest BCUT2D eigenvalue weighted by atomic mass is 10.1. The number of halogens is 3. The molecule has 0 fully saturated rings. The summed E-state index contributed by atoms with van der Waals surface area (Å²) >= 11 is 0. The third kappa shape index (κ3) is 4.78. The van der Waals surface area contributed by atoms with E-state index in [0.717, 1.165) is 17.5 Å². The molecular weight excluding hydrogens is 397 g/mol. The van der Waals surface area contributed by atoms with Gasteiger partial charge in [0.15, 0.2) is 0 Å². The molecule has 1 amide bonds. The second kappa shape index (κ2) is 7.49. The fourth-order valence-corrected chi connectivity index (χ4v) is 3.29. The molecule has 0 aliphatic rings. The maximum absolute atomic E-state index is 12.4. The van der Waals surface area contributed by atoms with Crippen LogP contribution in [0.4, 0.5) is 13.2 Å². The van der Waals surface area contributed by atoms with Crippen molar-refractivity contribution in [3.05, 3.63) is 72.3 Å². The van der Waals surface area contributed by atoms with E-state index in [1.54, 1.807) is 18.2 Å². The van der Waals surface area contributed by atoms with E-state index >= 15 is 0 Å². The van der Waals surface area contributed by atoms with Crippen LogP contribution in [0, 0.1) is 0 Å². The number of sulfonamides is 1. The molecule has 0 saturated carbocycles. The van der Waals surface area contributed by atoms with Gasteiger partial charge in [-0.2, -0.15) is 0 Å². The van der Waals surface area contributed by atoms with Crippen LogP contribution in [0.2, 0.25) is 0 Å². The van der Waals surface area contributed by atoms with E-state index in [4.69, 9.17) is 0 Å². The number of alkyl halides is 3. The summed E-state index contributed by atoms with van der Waals surface area (Å²) in [5.74, 6) is -1.55. The van der Waals surface area contributed by atoms with Gasteiger partial charge >= 0.3 is 6.36 Å². The SMILES string of the molecule is O=C(NNS(=O)(=O)c1ccc2ccccc2c1)c1cccc(OC(F)(F)F)c1. The summed E-state index contributed by atoms with van der Waals surface area (Å²) in [6.07, 6.45) is -4.91. The van der Waals surface area contributed by atoms with E-state index in [1.807, 2.05) is 22.4 Å². The maximum atomic E-state index is 12.4. The molecule has 3 rings (SSSR count). The number of amides is 1. The molecule has 10 heteroatoms. The van der Waals surface area contributed by atoms with Crippen LogP contribution in [0.1, 0.15) is 10.4 Å². The highest BCUT2D eigenvalue weighted by Crippen LogP contribution is 2.23. The third-order valence-corrected chi connectivity index (χ3v) is 4.91.